The van der Waals surface area contributed by atoms with Gasteiger partial charge in [-0.2, -0.15) is 0 Å². The number of unbranched alkanes of at least 4 members (excludes halogenated alkanes) is 1. The standard InChI is InChI=1S/C31H35N3O5S/c1-3-4-19-32-30(36)27(21-24-13-6-5-7-14-24)33(22-25-15-9-8-12-23(25)2)29(35)18-20-34-31(37)26-16-10-11-17-28(26)40(34,38)39/h5-17,27H,3-4,18-22H2,1-2H3,(H,32,36). The highest BCUT2D eigenvalue weighted by molar-refractivity contribution is 7.90. The summed E-state index contributed by atoms with van der Waals surface area (Å²) in [6.45, 7) is 4.33. The third-order valence-electron chi connectivity index (χ3n) is 7.14. The van der Waals surface area contributed by atoms with E-state index < -0.39 is 27.9 Å². The van der Waals surface area contributed by atoms with Crippen molar-refractivity contribution in [2.75, 3.05) is 13.1 Å². The van der Waals surface area contributed by atoms with Gasteiger partial charge in [0.05, 0.1) is 5.56 Å². The summed E-state index contributed by atoms with van der Waals surface area (Å²) in [5.74, 6) is -1.32. The monoisotopic (exact) mass is 561 g/mol. The number of benzene rings is 3. The summed E-state index contributed by atoms with van der Waals surface area (Å²) in [5, 5.41) is 2.98. The molecule has 0 radical (unpaired) electrons. The number of sulfonamides is 1. The van der Waals surface area contributed by atoms with Crippen LogP contribution in [-0.2, 0) is 32.6 Å². The number of carbonyl (C=O) groups is 3. The van der Waals surface area contributed by atoms with Gasteiger partial charge in [0.2, 0.25) is 11.8 Å². The number of nitrogens with zero attached hydrogens (tertiary/aromatic N) is 2. The smallest absolute Gasteiger partial charge is 0.269 e. The van der Waals surface area contributed by atoms with Crippen LogP contribution in [0, 0.1) is 6.92 Å². The van der Waals surface area contributed by atoms with Gasteiger partial charge in [-0.25, -0.2) is 12.7 Å². The average Bonchev–Trinajstić information content (AvgIpc) is 3.15. The first-order chi connectivity index (χ1) is 19.2. The number of rotatable bonds is 12. The summed E-state index contributed by atoms with van der Waals surface area (Å²) in [6.07, 6.45) is 1.77. The molecule has 0 spiro atoms. The molecule has 1 aliphatic rings. The normalized spacial score (nSPS) is 14.4. The van der Waals surface area contributed by atoms with Gasteiger partial charge in [-0.1, -0.05) is 80.1 Å². The van der Waals surface area contributed by atoms with E-state index in [9.17, 15) is 22.8 Å². The van der Waals surface area contributed by atoms with Gasteiger partial charge in [-0.15, -0.1) is 0 Å². The number of amides is 3. The second-order valence-electron chi connectivity index (χ2n) is 9.93. The molecular weight excluding hydrogens is 526 g/mol. The van der Waals surface area contributed by atoms with Crippen molar-refractivity contribution in [3.05, 3.63) is 101 Å². The molecule has 1 heterocycles. The van der Waals surface area contributed by atoms with Crippen LogP contribution in [-0.4, -0.2) is 54.5 Å². The Morgan fingerprint density at radius 3 is 2.33 bits per heavy atom. The minimum Gasteiger partial charge on any atom is -0.354 e. The lowest BCUT2D eigenvalue weighted by molar-refractivity contribution is -0.141. The molecule has 40 heavy (non-hydrogen) atoms. The first-order valence-corrected chi connectivity index (χ1v) is 15.0. The van der Waals surface area contributed by atoms with E-state index >= 15 is 0 Å². The van der Waals surface area contributed by atoms with Gasteiger partial charge in [0, 0.05) is 32.5 Å². The van der Waals surface area contributed by atoms with Crippen LogP contribution in [0.25, 0.3) is 0 Å². The zero-order chi connectivity index (χ0) is 28.7. The first kappa shape index (κ1) is 29.0. The second kappa shape index (κ2) is 12.9. The fourth-order valence-electron chi connectivity index (χ4n) is 4.82. The van der Waals surface area contributed by atoms with E-state index in [-0.39, 0.29) is 35.9 Å². The number of carbonyl (C=O) groups excluding carboxylic acids is 3. The Morgan fingerprint density at radius 2 is 1.62 bits per heavy atom. The van der Waals surface area contributed by atoms with Crippen LogP contribution in [0.2, 0.25) is 0 Å². The first-order valence-electron chi connectivity index (χ1n) is 13.6. The zero-order valence-electron chi connectivity index (χ0n) is 22.9. The Bertz CT molecular complexity index is 1470. The number of nitrogens with one attached hydrogen (secondary N) is 1. The molecule has 0 saturated carbocycles. The summed E-state index contributed by atoms with van der Waals surface area (Å²) in [6, 6.07) is 22.3. The van der Waals surface area contributed by atoms with E-state index in [4.69, 9.17) is 0 Å². The fourth-order valence-corrected chi connectivity index (χ4v) is 6.39. The molecule has 1 N–H and O–H groups in total. The summed E-state index contributed by atoms with van der Waals surface area (Å²) < 4.78 is 26.9. The van der Waals surface area contributed by atoms with Crippen LogP contribution >= 0.6 is 0 Å². The lowest BCUT2D eigenvalue weighted by Gasteiger charge is -2.32. The number of aryl methyl sites for hydroxylation is 1. The van der Waals surface area contributed by atoms with E-state index in [0.29, 0.717) is 13.0 Å². The Morgan fingerprint density at radius 1 is 0.950 bits per heavy atom. The Hall–Kier alpha value is -3.98. The molecule has 3 amide bonds. The average molecular weight is 562 g/mol. The lowest BCUT2D eigenvalue weighted by Crippen LogP contribution is -2.51. The summed E-state index contributed by atoms with van der Waals surface area (Å²) in [4.78, 5) is 41.8. The number of hydrogen-bond donors (Lipinski definition) is 1. The minimum atomic E-state index is -4.05. The third kappa shape index (κ3) is 6.42. The van der Waals surface area contributed by atoms with E-state index in [0.717, 1.165) is 33.8 Å². The third-order valence-corrected chi connectivity index (χ3v) is 8.98. The molecule has 3 aromatic rings. The van der Waals surface area contributed by atoms with Crippen LogP contribution in [0.15, 0.2) is 83.8 Å². The topological polar surface area (TPSA) is 104 Å². The Labute approximate surface area is 236 Å². The highest BCUT2D eigenvalue weighted by atomic mass is 32.2. The zero-order valence-corrected chi connectivity index (χ0v) is 23.7. The molecule has 0 aromatic heterocycles. The molecule has 3 aromatic carbocycles. The largest absolute Gasteiger partial charge is 0.354 e. The number of hydrogen-bond acceptors (Lipinski definition) is 5. The highest BCUT2D eigenvalue weighted by Gasteiger charge is 2.41. The van der Waals surface area contributed by atoms with Crippen molar-refractivity contribution in [3.63, 3.8) is 0 Å². The fraction of sp³-hybridized carbons (Fsp3) is 0.323. The van der Waals surface area contributed by atoms with Gasteiger partial charge in [0.25, 0.3) is 15.9 Å². The summed E-state index contributed by atoms with van der Waals surface area (Å²) in [7, 11) is -4.05. The van der Waals surface area contributed by atoms with Crippen LogP contribution in [0.3, 0.4) is 0 Å². The van der Waals surface area contributed by atoms with E-state index in [1.54, 1.807) is 12.1 Å². The van der Waals surface area contributed by atoms with Gasteiger partial charge < -0.3 is 10.2 Å². The van der Waals surface area contributed by atoms with E-state index in [1.807, 2.05) is 68.4 Å². The molecule has 1 aliphatic heterocycles. The maximum Gasteiger partial charge on any atom is 0.269 e. The molecule has 9 heteroatoms. The predicted octanol–water partition coefficient (Wildman–Crippen LogP) is 4.09. The van der Waals surface area contributed by atoms with Crippen molar-refractivity contribution in [1.82, 2.24) is 14.5 Å². The van der Waals surface area contributed by atoms with Crippen molar-refractivity contribution in [2.45, 2.75) is 57.0 Å². The van der Waals surface area contributed by atoms with Crippen molar-refractivity contribution >= 4 is 27.7 Å². The molecule has 8 nitrogen and oxygen atoms in total. The van der Waals surface area contributed by atoms with Crippen LogP contribution in [0.1, 0.15) is 53.2 Å². The summed E-state index contributed by atoms with van der Waals surface area (Å²) in [5.41, 5.74) is 2.85. The molecule has 0 saturated heterocycles. The van der Waals surface area contributed by atoms with Crippen LogP contribution in [0.5, 0.6) is 0 Å². The molecule has 1 unspecified atom stereocenters. The molecule has 4 rings (SSSR count). The van der Waals surface area contributed by atoms with Crippen LogP contribution in [0.4, 0.5) is 0 Å². The van der Waals surface area contributed by atoms with Gasteiger partial charge in [0.1, 0.15) is 10.9 Å². The number of fused-ring (bicyclic) bond motifs is 1. The second-order valence-corrected chi connectivity index (χ2v) is 11.8. The molecule has 0 bridgehead atoms. The maximum atomic E-state index is 13.9. The van der Waals surface area contributed by atoms with Crippen molar-refractivity contribution in [3.8, 4) is 0 Å². The summed E-state index contributed by atoms with van der Waals surface area (Å²) >= 11 is 0. The van der Waals surface area contributed by atoms with E-state index in [1.165, 1.54) is 17.0 Å². The van der Waals surface area contributed by atoms with Gasteiger partial charge >= 0.3 is 0 Å². The van der Waals surface area contributed by atoms with Gasteiger partial charge in [0.15, 0.2) is 0 Å². The molecule has 210 valence electrons. The minimum absolute atomic E-state index is 0.0542. The van der Waals surface area contributed by atoms with Crippen LogP contribution < -0.4 is 5.32 Å². The lowest BCUT2D eigenvalue weighted by atomic mass is 10.0. The quantitative estimate of drug-likeness (QED) is 0.336. The van der Waals surface area contributed by atoms with Gasteiger partial charge in [-0.05, 0) is 42.2 Å². The molecule has 1 atom stereocenters. The molecule has 0 fully saturated rings. The predicted molar refractivity (Wildman–Crippen MR) is 153 cm³/mol. The molecule has 0 aliphatic carbocycles. The van der Waals surface area contributed by atoms with E-state index in [2.05, 4.69) is 5.32 Å². The van der Waals surface area contributed by atoms with Crippen molar-refractivity contribution in [1.29, 1.82) is 0 Å². The van der Waals surface area contributed by atoms with Crippen molar-refractivity contribution < 1.29 is 22.8 Å². The maximum absolute atomic E-state index is 13.9. The molecular formula is C31H35N3O5S. The van der Waals surface area contributed by atoms with Crippen molar-refractivity contribution in [2.24, 2.45) is 0 Å². The SMILES string of the molecule is CCCCNC(=O)C(Cc1ccccc1)N(Cc1ccccc1C)C(=O)CCN1C(=O)c2ccccc2S1(=O)=O. The Kier molecular flexibility index (Phi) is 9.37. The Balaban J connectivity index is 1.63. The highest BCUT2D eigenvalue weighted by Crippen LogP contribution is 2.30. The van der Waals surface area contributed by atoms with Gasteiger partial charge in [-0.3, -0.25) is 14.4 Å².